The van der Waals surface area contributed by atoms with Crippen molar-refractivity contribution in [1.82, 2.24) is 15.1 Å². The van der Waals surface area contributed by atoms with Crippen LogP contribution < -0.4 is 14.2 Å². The molecule has 1 aromatic heterocycles. The zero-order chi connectivity index (χ0) is 21.5. The average molecular weight is 418 g/mol. The van der Waals surface area contributed by atoms with Crippen molar-refractivity contribution in [2.24, 2.45) is 0 Å². The first kappa shape index (κ1) is 22.0. The molecule has 1 fully saturated rings. The van der Waals surface area contributed by atoms with Crippen LogP contribution in [0, 0.1) is 0 Å². The van der Waals surface area contributed by atoms with Gasteiger partial charge in [0.1, 0.15) is 0 Å². The van der Waals surface area contributed by atoms with E-state index in [4.69, 9.17) is 18.9 Å². The molecule has 0 radical (unpaired) electrons. The van der Waals surface area contributed by atoms with E-state index in [1.165, 1.54) is 0 Å². The number of rotatable bonds is 9. The predicted molar refractivity (Wildman–Crippen MR) is 113 cm³/mol. The Morgan fingerprint density at radius 2 is 1.90 bits per heavy atom. The molecule has 8 heteroatoms. The number of nitrogens with one attached hydrogen (secondary N) is 1. The number of H-pyrrole nitrogens is 1. The summed E-state index contributed by atoms with van der Waals surface area (Å²) in [4.78, 5) is 14.4. The second-order valence-electron chi connectivity index (χ2n) is 7.31. The summed E-state index contributed by atoms with van der Waals surface area (Å²) in [5.74, 6) is 1.60. The maximum atomic E-state index is 12.0. The van der Waals surface area contributed by atoms with E-state index in [2.05, 4.69) is 15.1 Å². The highest BCUT2D eigenvalue weighted by molar-refractivity contribution is 5.71. The number of carbonyl (C=O) groups excluding carboxylic acids is 1. The number of esters is 1. The zero-order valence-electron chi connectivity index (χ0n) is 18.2. The van der Waals surface area contributed by atoms with Crippen LogP contribution in [0.25, 0.3) is 11.3 Å². The van der Waals surface area contributed by atoms with E-state index in [1.54, 1.807) is 21.3 Å². The molecule has 1 N–H and O–H groups in total. The summed E-state index contributed by atoms with van der Waals surface area (Å²) in [7, 11) is 4.78. The first-order chi connectivity index (χ1) is 14.6. The van der Waals surface area contributed by atoms with E-state index in [9.17, 15) is 4.79 Å². The van der Waals surface area contributed by atoms with E-state index in [0.29, 0.717) is 36.8 Å². The molecule has 2 aromatic rings. The summed E-state index contributed by atoms with van der Waals surface area (Å²) < 4.78 is 21.6. The van der Waals surface area contributed by atoms with Gasteiger partial charge < -0.3 is 18.9 Å². The van der Waals surface area contributed by atoms with E-state index < -0.39 is 0 Å². The Morgan fingerprint density at radius 3 is 2.53 bits per heavy atom. The lowest BCUT2D eigenvalue weighted by Crippen LogP contribution is -2.40. The van der Waals surface area contributed by atoms with Crippen LogP contribution in [-0.4, -0.2) is 61.6 Å². The van der Waals surface area contributed by atoms with Crippen molar-refractivity contribution >= 4 is 5.97 Å². The Kier molecular flexibility index (Phi) is 7.57. The number of nitrogens with zero attached hydrogens (tertiary/aromatic N) is 2. The smallest absolute Gasteiger partial charge is 0.307 e. The Hall–Kier alpha value is -2.74. The van der Waals surface area contributed by atoms with Crippen LogP contribution in [0.5, 0.6) is 17.2 Å². The number of benzene rings is 1. The highest BCUT2D eigenvalue weighted by Crippen LogP contribution is 2.41. The van der Waals surface area contributed by atoms with E-state index in [-0.39, 0.29) is 12.0 Å². The number of piperidine rings is 1. The van der Waals surface area contributed by atoms with Crippen LogP contribution in [0.4, 0.5) is 0 Å². The van der Waals surface area contributed by atoms with Gasteiger partial charge in [0.15, 0.2) is 11.5 Å². The molecule has 3 rings (SSSR count). The first-order valence-corrected chi connectivity index (χ1v) is 10.3. The first-order valence-electron chi connectivity index (χ1n) is 10.3. The van der Waals surface area contributed by atoms with Gasteiger partial charge in [-0.2, -0.15) is 5.10 Å². The van der Waals surface area contributed by atoms with E-state index in [0.717, 1.165) is 42.6 Å². The minimum atomic E-state index is -0.133. The maximum Gasteiger partial charge on any atom is 0.307 e. The molecule has 1 aliphatic rings. The van der Waals surface area contributed by atoms with Crippen molar-refractivity contribution in [1.29, 1.82) is 0 Å². The second kappa shape index (κ2) is 10.3. The van der Waals surface area contributed by atoms with Gasteiger partial charge in [-0.1, -0.05) is 6.42 Å². The van der Waals surface area contributed by atoms with Gasteiger partial charge in [0.05, 0.1) is 46.2 Å². The van der Waals surface area contributed by atoms with Crippen molar-refractivity contribution in [2.75, 3.05) is 34.5 Å². The van der Waals surface area contributed by atoms with Gasteiger partial charge in [-0.25, -0.2) is 0 Å². The summed E-state index contributed by atoms with van der Waals surface area (Å²) in [5.41, 5.74) is 2.85. The van der Waals surface area contributed by atoms with Crippen molar-refractivity contribution < 1.29 is 23.7 Å². The minimum absolute atomic E-state index is 0.133. The lowest BCUT2D eigenvalue weighted by Gasteiger charge is -2.35. The third-order valence-corrected chi connectivity index (χ3v) is 5.50. The molecule has 1 aliphatic heterocycles. The average Bonchev–Trinajstić information content (AvgIpc) is 3.22. The summed E-state index contributed by atoms with van der Waals surface area (Å²) in [6, 6.07) is 4.00. The second-order valence-corrected chi connectivity index (χ2v) is 7.31. The quantitative estimate of drug-likeness (QED) is 0.626. The fourth-order valence-electron chi connectivity index (χ4n) is 4.04. The molecule has 0 amide bonds. The van der Waals surface area contributed by atoms with Gasteiger partial charge in [0.25, 0.3) is 0 Å². The molecule has 0 bridgehead atoms. The van der Waals surface area contributed by atoms with Gasteiger partial charge in [0, 0.05) is 23.7 Å². The highest BCUT2D eigenvalue weighted by Gasteiger charge is 2.27. The minimum Gasteiger partial charge on any atom is -0.493 e. The van der Waals surface area contributed by atoms with Crippen LogP contribution in [0.15, 0.2) is 18.3 Å². The van der Waals surface area contributed by atoms with Crippen LogP contribution >= 0.6 is 0 Å². The highest BCUT2D eigenvalue weighted by atomic mass is 16.5. The molecular weight excluding hydrogens is 386 g/mol. The number of hydrogen-bond acceptors (Lipinski definition) is 7. The predicted octanol–water partition coefficient (Wildman–Crippen LogP) is 3.41. The fraction of sp³-hybridized carbons (Fsp3) is 0.545. The summed E-state index contributed by atoms with van der Waals surface area (Å²) in [5, 5.41) is 7.38. The molecule has 1 saturated heterocycles. The summed E-state index contributed by atoms with van der Waals surface area (Å²) >= 11 is 0. The SMILES string of the molecule is CCOC(=O)CC1CCCCN1Cc1cn[nH]c1-c1cc(OC)c(OC)c(OC)c1. The van der Waals surface area contributed by atoms with Gasteiger partial charge in [-0.3, -0.25) is 14.8 Å². The van der Waals surface area contributed by atoms with E-state index >= 15 is 0 Å². The standard InChI is InChI=1S/C22H31N3O5/c1-5-30-20(26)12-17-8-6-7-9-25(17)14-16-13-23-24-21(16)15-10-18(27-2)22(29-4)19(11-15)28-3/h10-11,13,17H,5-9,12,14H2,1-4H3,(H,23,24). The molecule has 1 atom stereocenters. The van der Waals surface area contributed by atoms with Gasteiger partial charge in [-0.15, -0.1) is 0 Å². The number of methoxy groups -OCH3 is 3. The number of aromatic amines is 1. The number of carbonyl (C=O) groups is 1. The molecule has 0 spiro atoms. The van der Waals surface area contributed by atoms with Crippen molar-refractivity contribution in [2.45, 2.75) is 45.2 Å². The summed E-state index contributed by atoms with van der Waals surface area (Å²) in [6.45, 7) is 3.90. The van der Waals surface area contributed by atoms with E-state index in [1.807, 2.05) is 25.3 Å². The molecule has 164 valence electrons. The molecule has 30 heavy (non-hydrogen) atoms. The number of hydrogen-bond donors (Lipinski definition) is 1. The molecule has 8 nitrogen and oxygen atoms in total. The molecular formula is C22H31N3O5. The topological polar surface area (TPSA) is 85.9 Å². The Bertz CT molecular complexity index is 826. The number of ether oxygens (including phenoxy) is 4. The molecule has 0 saturated carbocycles. The maximum absolute atomic E-state index is 12.0. The molecule has 2 heterocycles. The van der Waals surface area contributed by atoms with Gasteiger partial charge in [0.2, 0.25) is 5.75 Å². The van der Waals surface area contributed by atoms with Gasteiger partial charge in [-0.05, 0) is 38.4 Å². The van der Waals surface area contributed by atoms with Crippen molar-refractivity contribution in [3.05, 3.63) is 23.9 Å². The lowest BCUT2D eigenvalue weighted by molar-refractivity contribution is -0.145. The Morgan fingerprint density at radius 1 is 1.17 bits per heavy atom. The van der Waals surface area contributed by atoms with Gasteiger partial charge >= 0.3 is 5.97 Å². The summed E-state index contributed by atoms with van der Waals surface area (Å²) in [6.07, 6.45) is 5.51. The lowest BCUT2D eigenvalue weighted by atomic mass is 9.98. The van der Waals surface area contributed by atoms with Crippen LogP contribution in [0.3, 0.4) is 0 Å². The fourth-order valence-corrected chi connectivity index (χ4v) is 4.04. The Labute approximate surface area is 177 Å². The third kappa shape index (κ3) is 4.87. The van der Waals surface area contributed by atoms with Crippen molar-refractivity contribution in [3.8, 4) is 28.5 Å². The zero-order valence-corrected chi connectivity index (χ0v) is 18.2. The normalized spacial score (nSPS) is 16.9. The molecule has 0 aliphatic carbocycles. The Balaban J connectivity index is 1.85. The largest absolute Gasteiger partial charge is 0.493 e. The van der Waals surface area contributed by atoms with Crippen LogP contribution in [0.1, 0.15) is 38.2 Å². The monoisotopic (exact) mass is 417 g/mol. The number of likely N-dealkylation sites (tertiary alicyclic amines) is 1. The molecule has 1 unspecified atom stereocenters. The van der Waals surface area contributed by atoms with Crippen LogP contribution in [-0.2, 0) is 16.1 Å². The third-order valence-electron chi connectivity index (χ3n) is 5.50. The number of aromatic nitrogens is 2. The van der Waals surface area contributed by atoms with Crippen molar-refractivity contribution in [3.63, 3.8) is 0 Å². The van der Waals surface area contributed by atoms with Crippen LogP contribution in [0.2, 0.25) is 0 Å². The molecule has 1 aromatic carbocycles.